The Hall–Kier alpha value is -3.68. The summed E-state index contributed by atoms with van der Waals surface area (Å²) in [5.41, 5.74) is 3.34. The second-order valence-corrected chi connectivity index (χ2v) is 7.99. The number of hydrogen-bond acceptors (Lipinski definition) is 4. The third kappa shape index (κ3) is 4.33. The first kappa shape index (κ1) is 22.5. The summed E-state index contributed by atoms with van der Waals surface area (Å²) >= 11 is 12.6. The van der Waals surface area contributed by atoms with Gasteiger partial charge in [0.2, 0.25) is 6.41 Å². The van der Waals surface area contributed by atoms with Gasteiger partial charge in [0, 0.05) is 30.5 Å². The van der Waals surface area contributed by atoms with Crippen LogP contribution in [0.4, 0.5) is 27.5 Å². The normalized spacial score (nSPS) is 10.7. The van der Waals surface area contributed by atoms with Gasteiger partial charge in [-0.25, -0.2) is 9.78 Å². The van der Waals surface area contributed by atoms with E-state index in [4.69, 9.17) is 23.2 Å². The van der Waals surface area contributed by atoms with Crippen LogP contribution in [0.5, 0.6) is 0 Å². The lowest BCUT2D eigenvalue weighted by atomic mass is 10.1. The summed E-state index contributed by atoms with van der Waals surface area (Å²) in [5, 5.41) is 3.91. The van der Waals surface area contributed by atoms with Gasteiger partial charge >= 0.3 is 6.03 Å². The number of pyridine rings is 2. The molecular formula is C24H19Cl2N5O2. The highest BCUT2D eigenvalue weighted by atomic mass is 35.5. The highest BCUT2D eigenvalue weighted by molar-refractivity contribution is 6.39. The van der Waals surface area contributed by atoms with Crippen molar-refractivity contribution in [2.75, 3.05) is 22.2 Å². The molecule has 4 aromatic rings. The number of nitrogens with one attached hydrogen (secondary N) is 1. The topological polar surface area (TPSA) is 78.4 Å². The standard InChI is InChI=1S/C24H19Cl2N5O2/c1-15-13-28-20-17(21(15)30(2)24(33)29-16-7-4-3-5-8-16)9-6-10-19(20)31(14-32)22-18(25)11-12-27-23(22)26/h3-14H,1-2H3,(H,29,33). The average molecular weight is 480 g/mol. The number of aromatic nitrogens is 2. The van der Waals surface area contributed by atoms with Crippen molar-refractivity contribution in [3.63, 3.8) is 0 Å². The van der Waals surface area contributed by atoms with Crippen LogP contribution in [0, 0.1) is 6.92 Å². The van der Waals surface area contributed by atoms with Gasteiger partial charge in [0.15, 0.2) is 5.15 Å². The van der Waals surface area contributed by atoms with Gasteiger partial charge in [-0.3, -0.25) is 19.6 Å². The van der Waals surface area contributed by atoms with E-state index in [9.17, 15) is 9.59 Å². The monoisotopic (exact) mass is 479 g/mol. The zero-order valence-corrected chi connectivity index (χ0v) is 19.3. The molecule has 1 N–H and O–H groups in total. The van der Waals surface area contributed by atoms with E-state index in [-0.39, 0.29) is 21.9 Å². The largest absolute Gasteiger partial charge is 0.326 e. The molecule has 0 unspecified atom stereocenters. The number of nitrogens with zero attached hydrogens (tertiary/aromatic N) is 4. The molecule has 0 radical (unpaired) electrons. The van der Waals surface area contributed by atoms with Crippen molar-refractivity contribution in [3.8, 4) is 0 Å². The lowest BCUT2D eigenvalue weighted by Crippen LogP contribution is -2.32. The quantitative estimate of drug-likeness (QED) is 0.272. The molecular weight excluding hydrogens is 461 g/mol. The zero-order valence-electron chi connectivity index (χ0n) is 17.8. The fourth-order valence-electron chi connectivity index (χ4n) is 3.61. The Bertz CT molecular complexity index is 1330. The molecule has 0 atom stereocenters. The van der Waals surface area contributed by atoms with Crippen molar-refractivity contribution in [1.82, 2.24) is 9.97 Å². The Morgan fingerprint density at radius 1 is 1.00 bits per heavy atom. The van der Waals surface area contributed by atoms with Gasteiger partial charge < -0.3 is 5.32 Å². The number of para-hydroxylation sites is 2. The first-order valence-electron chi connectivity index (χ1n) is 9.95. The number of fused-ring (bicyclic) bond motifs is 1. The lowest BCUT2D eigenvalue weighted by Gasteiger charge is -2.24. The number of carbonyl (C=O) groups excluding carboxylic acids is 2. The molecule has 0 aliphatic heterocycles. The molecule has 0 saturated carbocycles. The molecule has 0 spiro atoms. The van der Waals surface area contributed by atoms with Crippen LogP contribution in [-0.2, 0) is 4.79 Å². The van der Waals surface area contributed by atoms with Crippen molar-refractivity contribution in [1.29, 1.82) is 0 Å². The van der Waals surface area contributed by atoms with Crippen LogP contribution < -0.4 is 15.1 Å². The van der Waals surface area contributed by atoms with E-state index in [2.05, 4.69) is 15.3 Å². The maximum absolute atomic E-state index is 13.0. The molecule has 166 valence electrons. The molecule has 0 saturated heterocycles. The summed E-state index contributed by atoms with van der Waals surface area (Å²) in [5.74, 6) is 0. The number of halogens is 2. The van der Waals surface area contributed by atoms with Crippen LogP contribution in [0.2, 0.25) is 10.2 Å². The van der Waals surface area contributed by atoms with E-state index < -0.39 is 0 Å². The zero-order chi connectivity index (χ0) is 23.5. The Kier molecular flexibility index (Phi) is 6.44. The summed E-state index contributed by atoms with van der Waals surface area (Å²) < 4.78 is 0. The molecule has 2 aromatic carbocycles. The fraction of sp³-hybridized carbons (Fsp3) is 0.0833. The van der Waals surface area contributed by atoms with Gasteiger partial charge in [0.25, 0.3) is 0 Å². The van der Waals surface area contributed by atoms with E-state index in [1.807, 2.05) is 43.3 Å². The SMILES string of the molecule is Cc1cnc2c(N(C=O)c3c(Cl)ccnc3Cl)cccc2c1N(C)C(=O)Nc1ccccc1. The summed E-state index contributed by atoms with van der Waals surface area (Å²) in [6, 6.07) is 15.8. The molecule has 2 heterocycles. The smallest absolute Gasteiger partial charge is 0.308 e. The second-order valence-electron chi connectivity index (χ2n) is 7.23. The minimum Gasteiger partial charge on any atom is -0.308 e. The number of anilines is 4. The lowest BCUT2D eigenvalue weighted by molar-refractivity contribution is -0.106. The predicted octanol–water partition coefficient (Wildman–Crippen LogP) is 6.21. The number of amides is 3. The van der Waals surface area contributed by atoms with Gasteiger partial charge in [-0.2, -0.15) is 0 Å². The van der Waals surface area contributed by atoms with E-state index in [0.29, 0.717) is 34.4 Å². The third-order valence-electron chi connectivity index (χ3n) is 5.13. The van der Waals surface area contributed by atoms with Crippen LogP contribution in [0.25, 0.3) is 10.9 Å². The first-order valence-corrected chi connectivity index (χ1v) is 10.7. The molecule has 9 heteroatoms. The van der Waals surface area contributed by atoms with Crippen molar-refractivity contribution in [2.45, 2.75) is 6.92 Å². The molecule has 0 bridgehead atoms. The molecule has 0 aliphatic carbocycles. The average Bonchev–Trinajstić information content (AvgIpc) is 2.81. The van der Waals surface area contributed by atoms with Crippen LogP contribution in [-0.4, -0.2) is 29.5 Å². The van der Waals surface area contributed by atoms with Crippen LogP contribution >= 0.6 is 23.2 Å². The maximum Gasteiger partial charge on any atom is 0.326 e. The summed E-state index contributed by atoms with van der Waals surface area (Å²) in [4.78, 5) is 36.5. The van der Waals surface area contributed by atoms with E-state index in [1.54, 1.807) is 31.4 Å². The molecule has 33 heavy (non-hydrogen) atoms. The van der Waals surface area contributed by atoms with Crippen molar-refractivity contribution in [3.05, 3.63) is 82.7 Å². The van der Waals surface area contributed by atoms with Gasteiger partial charge in [-0.1, -0.05) is 53.5 Å². The molecule has 7 nitrogen and oxygen atoms in total. The minimum atomic E-state index is -0.312. The third-order valence-corrected chi connectivity index (χ3v) is 5.71. The van der Waals surface area contributed by atoms with Crippen LogP contribution in [0.1, 0.15) is 5.56 Å². The van der Waals surface area contributed by atoms with Crippen LogP contribution in [0.15, 0.2) is 67.0 Å². The Morgan fingerprint density at radius 2 is 1.76 bits per heavy atom. The molecule has 3 amide bonds. The summed E-state index contributed by atoms with van der Waals surface area (Å²) in [6.45, 7) is 1.87. The van der Waals surface area contributed by atoms with E-state index >= 15 is 0 Å². The number of aryl methyl sites for hydroxylation is 1. The van der Waals surface area contributed by atoms with Crippen LogP contribution in [0.3, 0.4) is 0 Å². The summed E-state index contributed by atoms with van der Waals surface area (Å²) in [6.07, 6.45) is 3.72. The molecule has 4 rings (SSSR count). The second kappa shape index (κ2) is 9.44. The van der Waals surface area contributed by atoms with Crippen molar-refractivity contribution < 1.29 is 9.59 Å². The highest BCUT2D eigenvalue weighted by Gasteiger charge is 2.22. The maximum atomic E-state index is 13.0. The first-order chi connectivity index (χ1) is 15.9. The van der Waals surface area contributed by atoms with E-state index in [0.717, 1.165) is 5.56 Å². The van der Waals surface area contributed by atoms with Gasteiger partial charge in [-0.05, 0) is 36.8 Å². The van der Waals surface area contributed by atoms with Gasteiger partial charge in [-0.15, -0.1) is 0 Å². The molecule has 0 aliphatic rings. The fourth-order valence-corrected chi connectivity index (χ4v) is 4.15. The predicted molar refractivity (Wildman–Crippen MR) is 133 cm³/mol. The number of carbonyl (C=O) groups is 2. The number of rotatable bonds is 5. The Balaban J connectivity index is 1.82. The van der Waals surface area contributed by atoms with Gasteiger partial charge in [0.05, 0.1) is 21.9 Å². The highest BCUT2D eigenvalue weighted by Crippen LogP contribution is 2.40. The molecule has 0 fully saturated rings. The van der Waals surface area contributed by atoms with E-state index in [1.165, 1.54) is 16.0 Å². The van der Waals surface area contributed by atoms with Gasteiger partial charge in [0.1, 0.15) is 5.69 Å². The van der Waals surface area contributed by atoms with Crippen molar-refractivity contribution in [2.24, 2.45) is 0 Å². The minimum absolute atomic E-state index is 0.0818. The number of urea groups is 1. The Labute approximate surface area is 200 Å². The molecule has 2 aromatic heterocycles. The Morgan fingerprint density at radius 3 is 2.45 bits per heavy atom. The number of benzene rings is 2. The summed E-state index contributed by atoms with van der Waals surface area (Å²) in [7, 11) is 1.68. The van der Waals surface area contributed by atoms with Crippen molar-refractivity contribution >= 4 is 69.3 Å². The number of hydrogen-bond donors (Lipinski definition) is 1.